The summed E-state index contributed by atoms with van der Waals surface area (Å²) in [6.07, 6.45) is 3.43. The predicted octanol–water partition coefficient (Wildman–Crippen LogP) is 1.42. The van der Waals surface area contributed by atoms with Crippen molar-refractivity contribution in [2.24, 2.45) is 0 Å². The highest BCUT2D eigenvalue weighted by Gasteiger charge is 2.01. The number of nitrogens with zero attached hydrogens (tertiary/aromatic N) is 2. The molecule has 0 aliphatic carbocycles. The van der Waals surface area contributed by atoms with Gasteiger partial charge in [-0.25, -0.2) is 0 Å². The summed E-state index contributed by atoms with van der Waals surface area (Å²) in [5.74, 6) is 0. The Balaban J connectivity index is 2.32. The van der Waals surface area contributed by atoms with E-state index in [9.17, 15) is 0 Å². The third kappa shape index (κ3) is 4.16. The molecular formula is C11H20N4. The molecule has 0 fully saturated rings. The monoisotopic (exact) mass is 208 g/mol. The van der Waals surface area contributed by atoms with Crippen molar-refractivity contribution in [1.29, 1.82) is 0 Å². The molecule has 0 bridgehead atoms. The minimum atomic E-state index is 0.575. The maximum Gasteiger partial charge on any atom is 0.0547 e. The number of hydrogen-bond donors (Lipinski definition) is 2. The molecule has 0 aliphatic rings. The molecule has 3 N–H and O–H groups in total. The number of likely N-dealkylation sites (N-methyl/N-ethyl adjacent to an activating group) is 1. The van der Waals surface area contributed by atoms with E-state index in [4.69, 9.17) is 5.73 Å². The van der Waals surface area contributed by atoms with Gasteiger partial charge in [0.25, 0.3) is 0 Å². The highest BCUT2D eigenvalue weighted by Crippen LogP contribution is 2.08. The number of rotatable bonds is 5. The van der Waals surface area contributed by atoms with E-state index in [0.29, 0.717) is 11.7 Å². The standard InChI is InChI=1S/C11H20N4/c1-9(2)15(3)5-4-14-11-6-10(12)7-13-8-11/h6-9,14H,4-5,12H2,1-3H3. The lowest BCUT2D eigenvalue weighted by Crippen LogP contribution is -2.31. The highest BCUT2D eigenvalue weighted by atomic mass is 15.1. The largest absolute Gasteiger partial charge is 0.397 e. The topological polar surface area (TPSA) is 54.2 Å². The van der Waals surface area contributed by atoms with Crippen LogP contribution < -0.4 is 11.1 Å². The smallest absolute Gasteiger partial charge is 0.0547 e. The van der Waals surface area contributed by atoms with Crippen molar-refractivity contribution >= 4 is 11.4 Å². The van der Waals surface area contributed by atoms with E-state index in [0.717, 1.165) is 18.8 Å². The fourth-order valence-electron chi connectivity index (χ4n) is 1.19. The number of pyridine rings is 1. The van der Waals surface area contributed by atoms with Crippen LogP contribution in [0.2, 0.25) is 0 Å². The Morgan fingerprint density at radius 3 is 2.80 bits per heavy atom. The van der Waals surface area contributed by atoms with Crippen LogP contribution in [0.5, 0.6) is 0 Å². The number of nitrogens with one attached hydrogen (secondary N) is 1. The molecule has 1 heterocycles. The molecule has 0 unspecified atom stereocenters. The molecule has 0 radical (unpaired) electrons. The first kappa shape index (κ1) is 11.8. The van der Waals surface area contributed by atoms with Gasteiger partial charge in [-0.05, 0) is 27.0 Å². The minimum absolute atomic E-state index is 0.575. The molecule has 4 heteroatoms. The Morgan fingerprint density at radius 2 is 2.20 bits per heavy atom. The summed E-state index contributed by atoms with van der Waals surface area (Å²) in [5.41, 5.74) is 7.30. The lowest BCUT2D eigenvalue weighted by atomic mass is 10.3. The Kier molecular flexibility index (Phi) is 4.37. The maximum absolute atomic E-state index is 5.63. The van der Waals surface area contributed by atoms with E-state index >= 15 is 0 Å². The first-order chi connectivity index (χ1) is 7.09. The average Bonchev–Trinajstić information content (AvgIpc) is 2.17. The van der Waals surface area contributed by atoms with Crippen molar-refractivity contribution in [2.45, 2.75) is 19.9 Å². The molecule has 0 aliphatic heterocycles. The SMILES string of the molecule is CC(C)N(C)CCNc1cncc(N)c1. The van der Waals surface area contributed by atoms with Crippen molar-refractivity contribution < 1.29 is 0 Å². The summed E-state index contributed by atoms with van der Waals surface area (Å²) in [4.78, 5) is 6.30. The van der Waals surface area contributed by atoms with Crippen molar-refractivity contribution in [3.63, 3.8) is 0 Å². The normalized spacial score (nSPS) is 11.0. The van der Waals surface area contributed by atoms with Crippen molar-refractivity contribution in [2.75, 3.05) is 31.2 Å². The van der Waals surface area contributed by atoms with Crippen LogP contribution in [-0.2, 0) is 0 Å². The third-order valence-electron chi connectivity index (χ3n) is 2.43. The molecule has 15 heavy (non-hydrogen) atoms. The fraction of sp³-hybridized carbons (Fsp3) is 0.545. The van der Waals surface area contributed by atoms with Crippen molar-refractivity contribution in [3.8, 4) is 0 Å². The molecule has 4 nitrogen and oxygen atoms in total. The van der Waals surface area contributed by atoms with Gasteiger partial charge in [-0.15, -0.1) is 0 Å². The molecule has 0 saturated heterocycles. The lowest BCUT2D eigenvalue weighted by Gasteiger charge is -2.21. The molecule has 0 saturated carbocycles. The molecule has 1 rings (SSSR count). The first-order valence-electron chi connectivity index (χ1n) is 5.24. The molecule has 0 spiro atoms. The van der Waals surface area contributed by atoms with Gasteiger partial charge in [0.1, 0.15) is 0 Å². The summed E-state index contributed by atoms with van der Waals surface area (Å²) in [6.45, 7) is 6.27. The molecule has 1 aromatic rings. The van der Waals surface area contributed by atoms with Crippen LogP contribution in [0.3, 0.4) is 0 Å². The van der Waals surface area contributed by atoms with E-state index in [1.54, 1.807) is 12.4 Å². The van der Waals surface area contributed by atoms with Gasteiger partial charge in [-0.2, -0.15) is 0 Å². The van der Waals surface area contributed by atoms with Gasteiger partial charge in [-0.3, -0.25) is 4.98 Å². The van der Waals surface area contributed by atoms with Crippen molar-refractivity contribution in [3.05, 3.63) is 18.5 Å². The van der Waals surface area contributed by atoms with E-state index in [-0.39, 0.29) is 0 Å². The summed E-state index contributed by atoms with van der Waals surface area (Å²) in [5, 5.41) is 3.29. The van der Waals surface area contributed by atoms with Gasteiger partial charge in [0, 0.05) is 25.3 Å². The molecule has 0 atom stereocenters. The second-order valence-corrected chi connectivity index (χ2v) is 4.01. The average molecular weight is 208 g/mol. The van der Waals surface area contributed by atoms with Gasteiger partial charge in [0.05, 0.1) is 17.6 Å². The van der Waals surface area contributed by atoms with Gasteiger partial charge in [0.2, 0.25) is 0 Å². The number of aromatic nitrogens is 1. The van der Waals surface area contributed by atoms with E-state index < -0.39 is 0 Å². The van der Waals surface area contributed by atoms with Crippen LogP contribution in [0.25, 0.3) is 0 Å². The van der Waals surface area contributed by atoms with Crippen LogP contribution in [-0.4, -0.2) is 36.1 Å². The van der Waals surface area contributed by atoms with Crippen LogP contribution >= 0.6 is 0 Å². The quantitative estimate of drug-likeness (QED) is 0.768. The molecule has 1 aromatic heterocycles. The molecule has 84 valence electrons. The third-order valence-corrected chi connectivity index (χ3v) is 2.43. The second kappa shape index (κ2) is 5.56. The Hall–Kier alpha value is -1.29. The summed E-state index contributed by atoms with van der Waals surface area (Å²) in [7, 11) is 2.12. The zero-order valence-electron chi connectivity index (χ0n) is 9.70. The van der Waals surface area contributed by atoms with Crippen LogP contribution in [0.15, 0.2) is 18.5 Å². The van der Waals surface area contributed by atoms with Gasteiger partial charge < -0.3 is 16.0 Å². The first-order valence-corrected chi connectivity index (χ1v) is 5.24. The van der Waals surface area contributed by atoms with Gasteiger partial charge in [0.15, 0.2) is 0 Å². The van der Waals surface area contributed by atoms with Crippen LogP contribution in [0, 0.1) is 0 Å². The van der Waals surface area contributed by atoms with Gasteiger partial charge >= 0.3 is 0 Å². The van der Waals surface area contributed by atoms with Crippen LogP contribution in [0.1, 0.15) is 13.8 Å². The van der Waals surface area contributed by atoms with Crippen LogP contribution in [0.4, 0.5) is 11.4 Å². The molecule has 0 amide bonds. The number of hydrogen-bond acceptors (Lipinski definition) is 4. The van der Waals surface area contributed by atoms with Gasteiger partial charge in [-0.1, -0.05) is 0 Å². The zero-order valence-corrected chi connectivity index (χ0v) is 9.70. The minimum Gasteiger partial charge on any atom is -0.397 e. The number of anilines is 2. The lowest BCUT2D eigenvalue weighted by molar-refractivity contribution is 0.284. The van der Waals surface area contributed by atoms with E-state index in [1.165, 1.54) is 0 Å². The second-order valence-electron chi connectivity index (χ2n) is 4.01. The summed E-state index contributed by atoms with van der Waals surface area (Å²) < 4.78 is 0. The van der Waals surface area contributed by atoms with E-state index in [1.807, 2.05) is 6.07 Å². The highest BCUT2D eigenvalue weighted by molar-refractivity contribution is 5.51. The fourth-order valence-corrected chi connectivity index (χ4v) is 1.19. The van der Waals surface area contributed by atoms with Crippen molar-refractivity contribution in [1.82, 2.24) is 9.88 Å². The van der Waals surface area contributed by atoms with E-state index in [2.05, 4.69) is 36.1 Å². The maximum atomic E-state index is 5.63. The number of nitrogen functional groups attached to an aromatic ring is 1. The summed E-state index contributed by atoms with van der Waals surface area (Å²) >= 11 is 0. The molecule has 0 aromatic carbocycles. The number of nitrogens with two attached hydrogens (primary N) is 1. The Labute approximate surface area is 91.5 Å². The Morgan fingerprint density at radius 1 is 1.47 bits per heavy atom. The predicted molar refractivity (Wildman–Crippen MR) is 64.9 cm³/mol. The summed E-state index contributed by atoms with van der Waals surface area (Å²) in [6, 6.07) is 2.47. The Bertz CT molecular complexity index is 298. The zero-order chi connectivity index (χ0) is 11.3. The molecular weight excluding hydrogens is 188 g/mol.